The van der Waals surface area contributed by atoms with Gasteiger partial charge in [0.1, 0.15) is 11.6 Å². The van der Waals surface area contributed by atoms with Crippen LogP contribution in [0.15, 0.2) is 40.8 Å². The molecule has 0 aliphatic rings. The number of imidazole rings is 2. The van der Waals surface area contributed by atoms with Crippen molar-refractivity contribution in [2.75, 3.05) is 0 Å². The van der Waals surface area contributed by atoms with E-state index in [1.165, 1.54) is 0 Å². The van der Waals surface area contributed by atoms with Gasteiger partial charge in [0.25, 0.3) is 0 Å². The standard InChI is InChI=1S/C18H14N6O/c1-9-19-13-5-3-11(7-15(13)21-9)17-23-24-18(25-17)12-4-6-14-16(8-12)22-10(2)20-14/h3-8H,1-2H3,(H,19,21)(H,20,22). The zero-order valence-corrected chi connectivity index (χ0v) is 13.7. The molecule has 0 saturated carbocycles. The number of nitrogens with one attached hydrogen (secondary N) is 2. The van der Waals surface area contributed by atoms with E-state index in [1.54, 1.807) is 0 Å². The SMILES string of the molecule is Cc1nc2ccc(-c3nnc(-c4ccc5nc(C)[nH]c5c4)o3)cc2[nH]1. The molecule has 0 saturated heterocycles. The molecule has 0 aliphatic heterocycles. The van der Waals surface area contributed by atoms with E-state index in [1.807, 2.05) is 50.2 Å². The van der Waals surface area contributed by atoms with Crippen LogP contribution in [-0.2, 0) is 0 Å². The molecular formula is C18H14N6O. The minimum Gasteiger partial charge on any atom is -0.416 e. The summed E-state index contributed by atoms with van der Waals surface area (Å²) in [5.41, 5.74) is 5.44. The lowest BCUT2D eigenvalue weighted by molar-refractivity contribution is 0.585. The molecule has 0 bridgehead atoms. The highest BCUT2D eigenvalue weighted by molar-refractivity contribution is 5.81. The number of H-pyrrole nitrogens is 2. The molecule has 0 spiro atoms. The summed E-state index contributed by atoms with van der Waals surface area (Å²) in [5.74, 6) is 2.71. The third-order valence-electron chi connectivity index (χ3n) is 4.12. The molecule has 0 amide bonds. The van der Waals surface area contributed by atoms with Gasteiger partial charge in [-0.3, -0.25) is 0 Å². The normalized spacial score (nSPS) is 11.6. The number of fused-ring (bicyclic) bond motifs is 2. The van der Waals surface area contributed by atoms with Crippen molar-refractivity contribution in [3.63, 3.8) is 0 Å². The van der Waals surface area contributed by atoms with Crippen molar-refractivity contribution in [1.82, 2.24) is 30.1 Å². The molecule has 7 heteroatoms. The van der Waals surface area contributed by atoms with Gasteiger partial charge in [-0.25, -0.2) is 9.97 Å². The average Bonchev–Trinajstić information content (AvgIpc) is 3.28. The maximum Gasteiger partial charge on any atom is 0.248 e. The highest BCUT2D eigenvalue weighted by Crippen LogP contribution is 2.27. The zero-order chi connectivity index (χ0) is 17.0. The molecule has 5 rings (SSSR count). The average molecular weight is 330 g/mol. The van der Waals surface area contributed by atoms with Crippen LogP contribution in [0.5, 0.6) is 0 Å². The summed E-state index contributed by atoms with van der Waals surface area (Å²) in [6.45, 7) is 3.86. The number of aryl methyl sites for hydroxylation is 2. The molecule has 2 N–H and O–H groups in total. The lowest BCUT2D eigenvalue weighted by Crippen LogP contribution is -1.78. The Hall–Kier alpha value is -3.48. The smallest absolute Gasteiger partial charge is 0.248 e. The lowest BCUT2D eigenvalue weighted by Gasteiger charge is -1.96. The van der Waals surface area contributed by atoms with Crippen molar-refractivity contribution < 1.29 is 4.42 Å². The Kier molecular flexibility index (Phi) is 2.79. The van der Waals surface area contributed by atoms with Crippen molar-refractivity contribution in [1.29, 1.82) is 0 Å². The summed E-state index contributed by atoms with van der Waals surface area (Å²) in [7, 11) is 0. The summed E-state index contributed by atoms with van der Waals surface area (Å²) < 4.78 is 5.88. The molecular weight excluding hydrogens is 316 g/mol. The van der Waals surface area contributed by atoms with E-state index in [2.05, 4.69) is 30.1 Å². The second kappa shape index (κ2) is 5.01. The molecule has 25 heavy (non-hydrogen) atoms. The van der Waals surface area contributed by atoms with E-state index in [0.29, 0.717) is 11.8 Å². The molecule has 2 aromatic carbocycles. The van der Waals surface area contributed by atoms with Crippen LogP contribution >= 0.6 is 0 Å². The molecule has 5 aromatic rings. The van der Waals surface area contributed by atoms with Gasteiger partial charge in [-0.2, -0.15) is 0 Å². The fourth-order valence-corrected chi connectivity index (χ4v) is 3.00. The highest BCUT2D eigenvalue weighted by atomic mass is 16.4. The summed E-state index contributed by atoms with van der Waals surface area (Å²) in [4.78, 5) is 15.2. The Bertz CT molecular complexity index is 1130. The van der Waals surface area contributed by atoms with Crippen LogP contribution < -0.4 is 0 Å². The molecule has 3 heterocycles. The largest absolute Gasteiger partial charge is 0.416 e. The maximum atomic E-state index is 5.88. The van der Waals surface area contributed by atoms with Crippen molar-refractivity contribution >= 4 is 22.1 Å². The van der Waals surface area contributed by atoms with Gasteiger partial charge in [0.2, 0.25) is 11.8 Å². The topological polar surface area (TPSA) is 96.3 Å². The minimum absolute atomic E-state index is 0.477. The van der Waals surface area contributed by atoms with E-state index in [0.717, 1.165) is 44.8 Å². The molecule has 0 atom stereocenters. The predicted octanol–water partition coefficient (Wildman–Crippen LogP) is 3.77. The Morgan fingerprint density at radius 2 is 1.20 bits per heavy atom. The van der Waals surface area contributed by atoms with Gasteiger partial charge in [0.05, 0.1) is 22.1 Å². The summed E-state index contributed by atoms with van der Waals surface area (Å²) in [6.07, 6.45) is 0. The van der Waals surface area contributed by atoms with E-state index < -0.39 is 0 Å². The van der Waals surface area contributed by atoms with Gasteiger partial charge in [0.15, 0.2) is 0 Å². The minimum atomic E-state index is 0.477. The van der Waals surface area contributed by atoms with Crippen molar-refractivity contribution in [2.45, 2.75) is 13.8 Å². The number of hydrogen-bond donors (Lipinski definition) is 2. The highest BCUT2D eigenvalue weighted by Gasteiger charge is 2.13. The Labute approximate surface area is 142 Å². The Morgan fingerprint density at radius 3 is 1.68 bits per heavy atom. The van der Waals surface area contributed by atoms with Crippen molar-refractivity contribution in [3.05, 3.63) is 48.0 Å². The van der Waals surface area contributed by atoms with Crippen LogP contribution in [-0.4, -0.2) is 30.1 Å². The first-order valence-electron chi connectivity index (χ1n) is 7.93. The molecule has 7 nitrogen and oxygen atoms in total. The monoisotopic (exact) mass is 330 g/mol. The number of aromatic amines is 2. The summed E-state index contributed by atoms with van der Waals surface area (Å²) in [5, 5.41) is 8.37. The first kappa shape index (κ1) is 13.9. The van der Waals surface area contributed by atoms with Crippen LogP contribution in [0.25, 0.3) is 45.0 Å². The third kappa shape index (κ3) is 2.28. The molecule has 3 aromatic heterocycles. The molecule has 0 radical (unpaired) electrons. The first-order valence-corrected chi connectivity index (χ1v) is 7.93. The van der Waals surface area contributed by atoms with Crippen molar-refractivity contribution in [2.24, 2.45) is 0 Å². The van der Waals surface area contributed by atoms with E-state index in [-0.39, 0.29) is 0 Å². The fraction of sp³-hybridized carbons (Fsp3) is 0.111. The summed E-state index contributed by atoms with van der Waals surface area (Å²) in [6, 6.07) is 11.7. The van der Waals surface area contributed by atoms with Gasteiger partial charge in [-0.05, 0) is 50.2 Å². The van der Waals surface area contributed by atoms with Crippen LogP contribution in [0.2, 0.25) is 0 Å². The predicted molar refractivity (Wildman–Crippen MR) is 93.9 cm³/mol. The quantitative estimate of drug-likeness (QED) is 0.513. The number of benzene rings is 2. The molecule has 0 unspecified atom stereocenters. The Balaban J connectivity index is 1.56. The Morgan fingerprint density at radius 1 is 0.720 bits per heavy atom. The van der Waals surface area contributed by atoms with Crippen LogP contribution in [0.3, 0.4) is 0 Å². The number of nitrogens with zero attached hydrogens (tertiary/aromatic N) is 4. The number of rotatable bonds is 2. The van der Waals surface area contributed by atoms with Crippen LogP contribution in [0, 0.1) is 13.8 Å². The molecule has 0 fully saturated rings. The second-order valence-corrected chi connectivity index (χ2v) is 6.02. The lowest BCUT2D eigenvalue weighted by atomic mass is 10.2. The zero-order valence-electron chi connectivity index (χ0n) is 13.7. The number of hydrogen-bond acceptors (Lipinski definition) is 5. The van der Waals surface area contributed by atoms with Gasteiger partial charge in [-0.15, -0.1) is 10.2 Å². The van der Waals surface area contributed by atoms with Gasteiger partial charge in [-0.1, -0.05) is 0 Å². The van der Waals surface area contributed by atoms with E-state index >= 15 is 0 Å². The third-order valence-corrected chi connectivity index (χ3v) is 4.12. The number of aromatic nitrogens is 6. The summed E-state index contributed by atoms with van der Waals surface area (Å²) >= 11 is 0. The van der Waals surface area contributed by atoms with Gasteiger partial charge in [0, 0.05) is 11.1 Å². The first-order chi connectivity index (χ1) is 12.2. The van der Waals surface area contributed by atoms with Gasteiger partial charge < -0.3 is 14.4 Å². The van der Waals surface area contributed by atoms with Crippen LogP contribution in [0.4, 0.5) is 0 Å². The molecule has 122 valence electrons. The molecule has 0 aliphatic carbocycles. The van der Waals surface area contributed by atoms with E-state index in [9.17, 15) is 0 Å². The van der Waals surface area contributed by atoms with Crippen molar-refractivity contribution in [3.8, 4) is 22.9 Å². The second-order valence-electron chi connectivity index (χ2n) is 6.02. The fourth-order valence-electron chi connectivity index (χ4n) is 3.00. The maximum absolute atomic E-state index is 5.88. The van der Waals surface area contributed by atoms with Gasteiger partial charge >= 0.3 is 0 Å². The van der Waals surface area contributed by atoms with E-state index in [4.69, 9.17) is 4.42 Å². The van der Waals surface area contributed by atoms with Crippen LogP contribution in [0.1, 0.15) is 11.6 Å².